The molecule has 0 amide bonds. The van der Waals surface area contributed by atoms with Gasteiger partial charge in [0, 0.05) is 29.3 Å². The molecule has 114 valence electrons. The molecule has 0 aliphatic carbocycles. The summed E-state index contributed by atoms with van der Waals surface area (Å²) in [7, 11) is 0. The first-order valence-electron chi connectivity index (χ1n) is 6.73. The van der Waals surface area contributed by atoms with Crippen molar-refractivity contribution in [3.63, 3.8) is 0 Å². The van der Waals surface area contributed by atoms with Gasteiger partial charge in [0.1, 0.15) is 0 Å². The number of benzene rings is 2. The molecule has 0 saturated carbocycles. The van der Waals surface area contributed by atoms with E-state index in [2.05, 4.69) is 0 Å². The zero-order valence-electron chi connectivity index (χ0n) is 11.5. The Morgan fingerprint density at radius 1 is 1.09 bits per heavy atom. The maximum atomic E-state index is 11.2. The summed E-state index contributed by atoms with van der Waals surface area (Å²) in [5.41, 5.74) is 1.50. The standard InChI is InChI=1S/C16H13ClNO4/c17-13-8-6-12(7-9-13)16-21-10-14(18(19)20)15(22-16)11-4-2-1-3-5-11/h1-9,15-16H,10H2/q-1. The zero-order valence-corrected chi connectivity index (χ0v) is 12.3. The summed E-state index contributed by atoms with van der Waals surface area (Å²) in [4.78, 5) is 10.8. The van der Waals surface area contributed by atoms with Gasteiger partial charge in [0.05, 0.1) is 0 Å². The van der Waals surface area contributed by atoms with E-state index in [1.165, 1.54) is 0 Å². The van der Waals surface area contributed by atoms with Crippen molar-refractivity contribution >= 4 is 11.6 Å². The fourth-order valence-corrected chi connectivity index (χ4v) is 2.45. The van der Waals surface area contributed by atoms with Gasteiger partial charge in [0.15, 0.2) is 6.29 Å². The van der Waals surface area contributed by atoms with Crippen molar-refractivity contribution in [3.05, 3.63) is 86.9 Å². The maximum Gasteiger partial charge on any atom is 0.179 e. The molecule has 0 radical (unpaired) electrons. The number of hydrogen-bond donors (Lipinski definition) is 0. The third-order valence-corrected chi connectivity index (χ3v) is 3.68. The van der Waals surface area contributed by atoms with Gasteiger partial charge in [-0.3, -0.25) is 10.1 Å². The van der Waals surface area contributed by atoms with Gasteiger partial charge in [-0.1, -0.05) is 54.1 Å². The summed E-state index contributed by atoms with van der Waals surface area (Å²) in [5, 5.41) is 11.8. The zero-order chi connectivity index (χ0) is 15.5. The third kappa shape index (κ3) is 3.06. The van der Waals surface area contributed by atoms with Crippen LogP contribution in [0.5, 0.6) is 0 Å². The largest absolute Gasteiger partial charge is 0.372 e. The Morgan fingerprint density at radius 2 is 1.77 bits per heavy atom. The first kappa shape index (κ1) is 14.8. The second kappa shape index (κ2) is 6.36. The Bertz CT molecular complexity index is 647. The normalized spacial score (nSPS) is 21.6. The average molecular weight is 319 g/mol. The molecule has 1 aliphatic heterocycles. The molecular formula is C16H13ClNO4-. The van der Waals surface area contributed by atoms with Crippen molar-refractivity contribution in [1.82, 2.24) is 0 Å². The van der Waals surface area contributed by atoms with Gasteiger partial charge in [-0.15, -0.1) is 4.92 Å². The SMILES string of the molecule is O=[N+]([O-])[C-]1COC(c2ccc(Cl)cc2)OC1c1ccccc1. The van der Waals surface area contributed by atoms with E-state index >= 15 is 0 Å². The summed E-state index contributed by atoms with van der Waals surface area (Å²) in [6, 6.07) is 16.1. The number of halogens is 1. The lowest BCUT2D eigenvalue weighted by Crippen LogP contribution is -2.33. The lowest BCUT2D eigenvalue weighted by Gasteiger charge is -2.40. The smallest absolute Gasteiger partial charge is 0.179 e. The van der Waals surface area contributed by atoms with Gasteiger partial charge in [0.2, 0.25) is 0 Å². The van der Waals surface area contributed by atoms with Gasteiger partial charge in [-0.2, -0.15) is 0 Å². The number of rotatable bonds is 3. The van der Waals surface area contributed by atoms with Crippen LogP contribution in [0.3, 0.4) is 0 Å². The molecular weight excluding hydrogens is 306 g/mol. The predicted molar refractivity (Wildman–Crippen MR) is 80.7 cm³/mol. The summed E-state index contributed by atoms with van der Waals surface area (Å²) >= 11 is 5.86. The first-order valence-corrected chi connectivity index (χ1v) is 7.10. The first-order chi connectivity index (χ1) is 10.6. The Morgan fingerprint density at radius 3 is 2.41 bits per heavy atom. The lowest BCUT2D eigenvalue weighted by atomic mass is 10.0. The molecule has 0 aromatic heterocycles. The van der Waals surface area contributed by atoms with Crippen LogP contribution in [0.4, 0.5) is 0 Å². The van der Waals surface area contributed by atoms with Crippen LogP contribution in [0.25, 0.3) is 0 Å². The minimum atomic E-state index is -0.731. The quantitative estimate of drug-likeness (QED) is 0.488. The molecule has 0 N–H and O–H groups in total. The highest BCUT2D eigenvalue weighted by atomic mass is 35.5. The second-order valence-corrected chi connectivity index (χ2v) is 5.31. The molecule has 2 atom stereocenters. The van der Waals surface area contributed by atoms with Crippen LogP contribution in [0, 0.1) is 16.2 Å². The van der Waals surface area contributed by atoms with Crippen LogP contribution in [0.1, 0.15) is 23.5 Å². The molecule has 1 saturated heterocycles. The van der Waals surface area contributed by atoms with E-state index in [0.717, 1.165) is 11.1 Å². The minimum absolute atomic E-state index is 0.00332. The van der Waals surface area contributed by atoms with Crippen molar-refractivity contribution in [1.29, 1.82) is 0 Å². The molecule has 3 rings (SSSR count). The van der Waals surface area contributed by atoms with E-state index in [0.29, 0.717) is 5.02 Å². The molecule has 22 heavy (non-hydrogen) atoms. The van der Waals surface area contributed by atoms with E-state index in [1.54, 1.807) is 36.4 Å². The van der Waals surface area contributed by atoms with E-state index in [-0.39, 0.29) is 12.6 Å². The highest BCUT2D eigenvalue weighted by Gasteiger charge is 2.31. The summed E-state index contributed by atoms with van der Waals surface area (Å²) in [6.07, 6.45) is -1.39. The molecule has 2 aromatic rings. The Kier molecular flexibility index (Phi) is 4.29. The van der Waals surface area contributed by atoms with Crippen LogP contribution in [0.15, 0.2) is 54.6 Å². The lowest BCUT2D eigenvalue weighted by molar-refractivity contribution is -0.501. The average Bonchev–Trinajstić information content (AvgIpc) is 2.56. The molecule has 2 unspecified atom stereocenters. The van der Waals surface area contributed by atoms with Crippen molar-refractivity contribution in [2.75, 3.05) is 6.61 Å². The molecule has 1 aliphatic rings. The van der Waals surface area contributed by atoms with Crippen molar-refractivity contribution in [3.8, 4) is 0 Å². The third-order valence-electron chi connectivity index (χ3n) is 3.42. The highest BCUT2D eigenvalue weighted by Crippen LogP contribution is 2.39. The maximum absolute atomic E-state index is 11.2. The Hall–Kier alpha value is -2.08. The van der Waals surface area contributed by atoms with Crippen LogP contribution in [-0.4, -0.2) is 11.5 Å². The van der Waals surface area contributed by atoms with Crippen LogP contribution in [0.2, 0.25) is 5.02 Å². The van der Waals surface area contributed by atoms with E-state index in [1.807, 2.05) is 18.2 Å². The van der Waals surface area contributed by atoms with Crippen molar-refractivity contribution < 1.29 is 14.4 Å². The number of nitro groups is 1. The Labute approximate surface area is 132 Å². The second-order valence-electron chi connectivity index (χ2n) is 4.87. The topological polar surface area (TPSA) is 61.6 Å². The van der Waals surface area contributed by atoms with E-state index in [9.17, 15) is 10.1 Å². The minimum Gasteiger partial charge on any atom is -0.372 e. The fourth-order valence-electron chi connectivity index (χ4n) is 2.32. The predicted octanol–water partition coefficient (Wildman–Crippen LogP) is 3.94. The number of nitrogens with zero attached hydrogens (tertiary/aromatic N) is 1. The molecule has 1 heterocycles. The summed E-state index contributed by atoms with van der Waals surface area (Å²) in [5.74, 6) is 0. The number of ether oxygens (including phenoxy) is 2. The van der Waals surface area contributed by atoms with Crippen molar-refractivity contribution in [2.24, 2.45) is 0 Å². The van der Waals surface area contributed by atoms with Gasteiger partial charge in [0.25, 0.3) is 0 Å². The van der Waals surface area contributed by atoms with Crippen LogP contribution in [-0.2, 0) is 9.47 Å². The van der Waals surface area contributed by atoms with Gasteiger partial charge in [-0.25, -0.2) is 0 Å². The van der Waals surface area contributed by atoms with Crippen molar-refractivity contribution in [2.45, 2.75) is 12.4 Å². The van der Waals surface area contributed by atoms with Crippen LogP contribution < -0.4 is 0 Å². The number of hydrogen-bond acceptors (Lipinski definition) is 4. The molecule has 1 fully saturated rings. The molecule has 2 aromatic carbocycles. The fraction of sp³-hybridized carbons (Fsp3) is 0.188. The van der Waals surface area contributed by atoms with E-state index in [4.69, 9.17) is 21.1 Å². The van der Waals surface area contributed by atoms with Gasteiger partial charge >= 0.3 is 0 Å². The van der Waals surface area contributed by atoms with E-state index < -0.39 is 17.3 Å². The molecule has 6 heteroatoms. The molecule has 0 bridgehead atoms. The van der Waals surface area contributed by atoms with Crippen LogP contribution >= 0.6 is 11.6 Å². The van der Waals surface area contributed by atoms with Gasteiger partial charge < -0.3 is 9.47 Å². The molecule has 0 spiro atoms. The summed E-state index contributed by atoms with van der Waals surface area (Å²) in [6.45, 7) is -0.0835. The Balaban J connectivity index is 1.86. The van der Waals surface area contributed by atoms with Gasteiger partial charge in [-0.05, 0) is 17.7 Å². The summed E-state index contributed by atoms with van der Waals surface area (Å²) < 4.78 is 11.3. The molecule has 5 nitrogen and oxygen atoms in total. The highest BCUT2D eigenvalue weighted by molar-refractivity contribution is 6.30. The monoisotopic (exact) mass is 318 g/mol.